The molecule has 1 aliphatic rings. The molecule has 1 aromatic rings. The van der Waals surface area contributed by atoms with Crippen LogP contribution in [0.1, 0.15) is 25.3 Å². The van der Waals surface area contributed by atoms with Crippen molar-refractivity contribution in [1.29, 1.82) is 0 Å². The van der Waals surface area contributed by atoms with E-state index in [1.165, 1.54) is 0 Å². The van der Waals surface area contributed by atoms with E-state index in [-0.39, 0.29) is 17.8 Å². The van der Waals surface area contributed by atoms with E-state index in [9.17, 15) is 0 Å². The zero-order chi connectivity index (χ0) is 11.8. The maximum Gasteiger partial charge on any atom is 0.113 e. The molecule has 0 aromatic carbocycles. The number of aromatic nitrogens is 1. The lowest BCUT2D eigenvalue weighted by atomic mass is 9.80. The maximum atomic E-state index is 6.11. The third-order valence-corrected chi connectivity index (χ3v) is 4.38. The first-order valence-electron chi connectivity index (χ1n) is 5.55. The lowest BCUT2D eigenvalue weighted by molar-refractivity contribution is 0.0898. The molecule has 0 aliphatic carbocycles. The van der Waals surface area contributed by atoms with Crippen LogP contribution in [0.4, 0.5) is 0 Å². The molecule has 0 amide bonds. The van der Waals surface area contributed by atoms with Gasteiger partial charge in [0.2, 0.25) is 0 Å². The highest BCUT2D eigenvalue weighted by molar-refractivity contribution is 7.15. The van der Waals surface area contributed by atoms with Crippen LogP contribution in [0.3, 0.4) is 0 Å². The Kier molecular flexibility index (Phi) is 5.22. The topological polar surface area (TPSA) is 42.2 Å². The van der Waals surface area contributed by atoms with Crippen LogP contribution in [0.15, 0.2) is 6.20 Å². The average molecular weight is 296 g/mol. The van der Waals surface area contributed by atoms with Gasteiger partial charge in [0, 0.05) is 19.1 Å². The SMILES string of the molecule is CC1(C)CN(Cc2ncc(Cl)s2)CCC1N.Cl. The predicted molar refractivity (Wildman–Crippen MR) is 76.0 cm³/mol. The lowest BCUT2D eigenvalue weighted by Gasteiger charge is -2.42. The van der Waals surface area contributed by atoms with Crippen molar-refractivity contribution in [1.82, 2.24) is 9.88 Å². The molecule has 1 aromatic heterocycles. The fourth-order valence-electron chi connectivity index (χ4n) is 2.17. The molecule has 2 heterocycles. The summed E-state index contributed by atoms with van der Waals surface area (Å²) in [4.78, 5) is 6.71. The quantitative estimate of drug-likeness (QED) is 0.912. The summed E-state index contributed by atoms with van der Waals surface area (Å²) in [5.41, 5.74) is 6.31. The van der Waals surface area contributed by atoms with Gasteiger partial charge in [-0.15, -0.1) is 23.7 Å². The minimum absolute atomic E-state index is 0. The molecule has 2 N–H and O–H groups in total. The van der Waals surface area contributed by atoms with E-state index in [0.29, 0.717) is 6.04 Å². The molecule has 6 heteroatoms. The Morgan fingerprint density at radius 2 is 2.35 bits per heavy atom. The number of hydrogen-bond acceptors (Lipinski definition) is 4. The van der Waals surface area contributed by atoms with Crippen molar-refractivity contribution in [3.63, 3.8) is 0 Å². The molecule has 1 atom stereocenters. The van der Waals surface area contributed by atoms with Gasteiger partial charge >= 0.3 is 0 Å². The van der Waals surface area contributed by atoms with Gasteiger partial charge in [-0.2, -0.15) is 0 Å². The highest BCUT2D eigenvalue weighted by Crippen LogP contribution is 2.29. The second kappa shape index (κ2) is 5.85. The van der Waals surface area contributed by atoms with Gasteiger partial charge in [0.1, 0.15) is 9.34 Å². The van der Waals surface area contributed by atoms with Crippen molar-refractivity contribution in [2.45, 2.75) is 32.9 Å². The number of hydrogen-bond donors (Lipinski definition) is 1. The van der Waals surface area contributed by atoms with Crippen molar-refractivity contribution >= 4 is 35.3 Å². The van der Waals surface area contributed by atoms with Gasteiger partial charge in [0.05, 0.1) is 12.7 Å². The molecule has 98 valence electrons. The lowest BCUT2D eigenvalue weighted by Crippen LogP contribution is -2.52. The van der Waals surface area contributed by atoms with Crippen LogP contribution >= 0.6 is 35.3 Å². The molecule has 3 nitrogen and oxygen atoms in total. The Morgan fingerprint density at radius 3 is 2.88 bits per heavy atom. The standard InChI is InChI=1S/C11H18ClN3S.ClH/c1-11(2)7-15(4-3-8(11)13)6-10-14-5-9(12)16-10;/h5,8H,3-4,6-7,13H2,1-2H3;1H. The number of likely N-dealkylation sites (tertiary alicyclic amines) is 1. The highest BCUT2D eigenvalue weighted by Gasteiger charge is 2.33. The third-order valence-electron chi connectivity index (χ3n) is 3.28. The second-order valence-electron chi connectivity index (χ2n) is 5.15. The zero-order valence-electron chi connectivity index (χ0n) is 10.1. The van der Waals surface area contributed by atoms with E-state index in [2.05, 4.69) is 23.7 Å². The Bertz CT molecular complexity index is 367. The Morgan fingerprint density at radius 1 is 1.65 bits per heavy atom. The average Bonchev–Trinajstić information content (AvgIpc) is 2.57. The number of halogens is 2. The first kappa shape index (κ1) is 15.2. The van der Waals surface area contributed by atoms with E-state index in [1.807, 2.05) is 0 Å². The summed E-state index contributed by atoms with van der Waals surface area (Å²) in [6.45, 7) is 7.46. The summed E-state index contributed by atoms with van der Waals surface area (Å²) < 4.78 is 0.767. The zero-order valence-corrected chi connectivity index (χ0v) is 12.5. The van der Waals surface area contributed by atoms with Crippen LogP contribution < -0.4 is 5.73 Å². The summed E-state index contributed by atoms with van der Waals surface area (Å²) in [6.07, 6.45) is 2.79. The van der Waals surface area contributed by atoms with Gasteiger partial charge in [-0.3, -0.25) is 4.90 Å². The second-order valence-corrected chi connectivity index (χ2v) is 6.90. The predicted octanol–water partition coefficient (Wildman–Crippen LogP) is 2.78. The summed E-state index contributed by atoms with van der Waals surface area (Å²) in [5.74, 6) is 0. The molecular formula is C11H19Cl2N3S. The van der Waals surface area contributed by atoms with Crippen LogP contribution in [-0.4, -0.2) is 29.0 Å². The van der Waals surface area contributed by atoms with E-state index >= 15 is 0 Å². The van der Waals surface area contributed by atoms with Crippen LogP contribution in [0.25, 0.3) is 0 Å². The van der Waals surface area contributed by atoms with E-state index in [1.54, 1.807) is 17.5 Å². The monoisotopic (exact) mass is 295 g/mol. The molecule has 0 bridgehead atoms. The normalized spacial score (nSPS) is 24.4. The molecule has 17 heavy (non-hydrogen) atoms. The molecule has 0 radical (unpaired) electrons. The smallest absolute Gasteiger partial charge is 0.113 e. The summed E-state index contributed by atoms with van der Waals surface area (Å²) >= 11 is 7.44. The fraction of sp³-hybridized carbons (Fsp3) is 0.727. The van der Waals surface area contributed by atoms with Crippen LogP contribution in [0.2, 0.25) is 4.34 Å². The number of nitrogens with zero attached hydrogens (tertiary/aromatic N) is 2. The Hall–Kier alpha value is 0.130. The minimum Gasteiger partial charge on any atom is -0.327 e. The van der Waals surface area contributed by atoms with Crippen LogP contribution in [-0.2, 0) is 6.54 Å². The van der Waals surface area contributed by atoms with Gasteiger partial charge in [-0.25, -0.2) is 4.98 Å². The van der Waals surface area contributed by atoms with Gasteiger partial charge in [-0.05, 0) is 11.8 Å². The Balaban J connectivity index is 0.00000144. The van der Waals surface area contributed by atoms with E-state index in [0.717, 1.165) is 35.4 Å². The van der Waals surface area contributed by atoms with Crippen molar-refractivity contribution in [3.05, 3.63) is 15.5 Å². The summed E-state index contributed by atoms with van der Waals surface area (Å²) in [7, 11) is 0. The van der Waals surface area contributed by atoms with E-state index in [4.69, 9.17) is 17.3 Å². The Labute approximate surface area is 118 Å². The van der Waals surface area contributed by atoms with Crippen LogP contribution in [0.5, 0.6) is 0 Å². The van der Waals surface area contributed by atoms with Gasteiger partial charge < -0.3 is 5.73 Å². The van der Waals surface area contributed by atoms with Crippen molar-refractivity contribution in [3.8, 4) is 0 Å². The van der Waals surface area contributed by atoms with Gasteiger partial charge in [0.25, 0.3) is 0 Å². The van der Waals surface area contributed by atoms with Gasteiger partial charge in [0.15, 0.2) is 0 Å². The number of piperidine rings is 1. The number of nitrogens with two attached hydrogens (primary N) is 1. The fourth-order valence-corrected chi connectivity index (χ4v) is 3.17. The highest BCUT2D eigenvalue weighted by atomic mass is 35.5. The molecule has 1 fully saturated rings. The molecule has 2 rings (SSSR count). The number of rotatable bonds is 2. The molecule has 1 aliphatic heterocycles. The van der Waals surface area contributed by atoms with Crippen LogP contribution in [0, 0.1) is 5.41 Å². The largest absolute Gasteiger partial charge is 0.327 e. The van der Waals surface area contributed by atoms with E-state index < -0.39 is 0 Å². The maximum absolute atomic E-state index is 6.11. The third kappa shape index (κ3) is 3.80. The first-order valence-corrected chi connectivity index (χ1v) is 6.75. The molecule has 1 unspecified atom stereocenters. The summed E-state index contributed by atoms with van der Waals surface area (Å²) in [5, 5.41) is 1.09. The summed E-state index contributed by atoms with van der Waals surface area (Å²) in [6, 6.07) is 0.309. The minimum atomic E-state index is 0. The number of thiazole rings is 1. The van der Waals surface area contributed by atoms with Crippen molar-refractivity contribution in [2.75, 3.05) is 13.1 Å². The molecular weight excluding hydrogens is 277 g/mol. The van der Waals surface area contributed by atoms with Crippen molar-refractivity contribution in [2.24, 2.45) is 11.1 Å². The van der Waals surface area contributed by atoms with Gasteiger partial charge in [-0.1, -0.05) is 25.4 Å². The molecule has 0 saturated carbocycles. The first-order chi connectivity index (χ1) is 7.47. The molecule has 1 saturated heterocycles. The molecule has 0 spiro atoms. The van der Waals surface area contributed by atoms with Crippen molar-refractivity contribution < 1.29 is 0 Å².